The molecule has 1 aromatic heterocycles. The van der Waals surface area contributed by atoms with Crippen LogP contribution in [0, 0.1) is 6.92 Å². The number of thioether (sulfide) groups is 1. The first-order valence-corrected chi connectivity index (χ1v) is 14.3. The van der Waals surface area contributed by atoms with Gasteiger partial charge in [-0.2, -0.15) is 0 Å². The second kappa shape index (κ2) is 9.48. The van der Waals surface area contributed by atoms with Gasteiger partial charge in [-0.1, -0.05) is 81.4 Å². The molecule has 5 nitrogen and oxygen atoms in total. The molecule has 0 bridgehead atoms. The first kappa shape index (κ1) is 23.8. The number of hydrogen-bond acceptors (Lipinski definition) is 4. The van der Waals surface area contributed by atoms with Gasteiger partial charge in [0.15, 0.2) is 0 Å². The molecule has 33 heavy (non-hydrogen) atoms. The fourth-order valence-corrected chi connectivity index (χ4v) is 10.9. The monoisotopic (exact) mass is 480 g/mol. The standard InChI is InChI=1S/C26H32N2O3SSi/c1-19-17-28(25(30)27-24(19)29)23-16-15-20(32-23)18-31-33(26(2,3)4,21-11-7-5-8-12-21)22-13-9-6-10-14-22/h5-14,17,20,23H,15-16,18H2,1-4H3,(H,27,29,30)/t20-,23+/m0/s1. The van der Waals surface area contributed by atoms with Gasteiger partial charge in [0.25, 0.3) is 13.9 Å². The SMILES string of the molecule is Cc1cn([C@H]2CC[C@@H](CO[Si](c3ccccc3)(c3ccccc3)C(C)(C)C)S2)c(=O)[nH]c1=O. The third kappa shape index (κ3) is 4.67. The van der Waals surface area contributed by atoms with E-state index in [4.69, 9.17) is 4.43 Å². The molecule has 1 fully saturated rings. The van der Waals surface area contributed by atoms with Crippen molar-refractivity contribution >= 4 is 30.5 Å². The minimum absolute atomic E-state index is 0.0146. The number of nitrogens with one attached hydrogen (secondary N) is 1. The summed E-state index contributed by atoms with van der Waals surface area (Å²) in [6, 6.07) is 21.3. The van der Waals surface area contributed by atoms with Crippen LogP contribution in [0.2, 0.25) is 5.04 Å². The summed E-state index contributed by atoms with van der Waals surface area (Å²) in [7, 11) is -2.57. The first-order valence-electron chi connectivity index (χ1n) is 11.4. The van der Waals surface area contributed by atoms with Crippen LogP contribution in [-0.4, -0.2) is 29.7 Å². The average molecular weight is 481 g/mol. The van der Waals surface area contributed by atoms with E-state index in [1.165, 1.54) is 10.4 Å². The van der Waals surface area contributed by atoms with E-state index in [2.05, 4.69) is 86.4 Å². The molecule has 4 rings (SSSR count). The Hall–Kier alpha value is -2.35. The van der Waals surface area contributed by atoms with E-state index in [0.717, 1.165) is 12.8 Å². The fraction of sp³-hybridized carbons (Fsp3) is 0.385. The Morgan fingerprint density at radius 2 is 1.58 bits per heavy atom. The highest BCUT2D eigenvalue weighted by molar-refractivity contribution is 8.00. The summed E-state index contributed by atoms with van der Waals surface area (Å²) in [5.74, 6) is 0. The Morgan fingerprint density at radius 1 is 1.00 bits per heavy atom. The number of aromatic nitrogens is 2. The van der Waals surface area contributed by atoms with Crippen molar-refractivity contribution < 1.29 is 4.43 Å². The van der Waals surface area contributed by atoms with Crippen molar-refractivity contribution in [1.29, 1.82) is 0 Å². The number of hydrogen-bond donors (Lipinski definition) is 1. The molecule has 1 N–H and O–H groups in total. The number of aryl methyl sites for hydroxylation is 1. The van der Waals surface area contributed by atoms with Gasteiger partial charge in [-0.05, 0) is 35.2 Å². The normalized spacial score (nSPS) is 19.0. The second-order valence-electron chi connectivity index (χ2n) is 9.74. The summed E-state index contributed by atoms with van der Waals surface area (Å²) < 4.78 is 8.75. The summed E-state index contributed by atoms with van der Waals surface area (Å²) >= 11 is 1.77. The van der Waals surface area contributed by atoms with Crippen molar-refractivity contribution in [2.75, 3.05) is 6.61 Å². The highest BCUT2D eigenvalue weighted by atomic mass is 32.2. The van der Waals surface area contributed by atoms with Crippen LogP contribution in [0.4, 0.5) is 0 Å². The molecular formula is C26H32N2O3SSi. The first-order chi connectivity index (χ1) is 15.7. The second-order valence-corrected chi connectivity index (χ2v) is 15.5. The zero-order valence-corrected chi connectivity index (χ0v) is 21.5. The molecule has 1 aliphatic rings. The number of rotatable bonds is 6. The molecule has 2 atom stereocenters. The third-order valence-corrected chi connectivity index (χ3v) is 13.0. The van der Waals surface area contributed by atoms with Crippen molar-refractivity contribution in [2.24, 2.45) is 0 Å². The van der Waals surface area contributed by atoms with Crippen molar-refractivity contribution in [3.8, 4) is 0 Å². The minimum Gasteiger partial charge on any atom is -0.406 e. The number of H-pyrrole nitrogens is 1. The van der Waals surface area contributed by atoms with E-state index < -0.39 is 8.32 Å². The lowest BCUT2D eigenvalue weighted by Gasteiger charge is -2.43. The molecular weight excluding hydrogens is 448 g/mol. The lowest BCUT2D eigenvalue weighted by atomic mass is 10.2. The zero-order valence-electron chi connectivity index (χ0n) is 19.7. The van der Waals surface area contributed by atoms with Gasteiger partial charge in [-0.15, -0.1) is 11.8 Å². The maximum atomic E-state index is 12.4. The third-order valence-electron chi connectivity index (χ3n) is 6.44. The summed E-state index contributed by atoms with van der Waals surface area (Å²) in [5.41, 5.74) is -0.0929. The summed E-state index contributed by atoms with van der Waals surface area (Å²) in [6.45, 7) is 9.22. The van der Waals surface area contributed by atoms with Crippen LogP contribution in [0.1, 0.15) is 44.6 Å². The molecule has 3 aromatic rings. The van der Waals surface area contributed by atoms with Crippen LogP contribution in [0.15, 0.2) is 76.4 Å². The Morgan fingerprint density at radius 3 is 2.12 bits per heavy atom. The molecule has 0 unspecified atom stereocenters. The lowest BCUT2D eigenvalue weighted by molar-refractivity contribution is 0.295. The Labute approximate surface area is 200 Å². The number of nitrogens with zero attached hydrogens (tertiary/aromatic N) is 1. The fourth-order valence-electron chi connectivity index (χ4n) is 4.79. The van der Waals surface area contributed by atoms with Gasteiger partial charge in [0.2, 0.25) is 0 Å². The molecule has 0 spiro atoms. The smallest absolute Gasteiger partial charge is 0.329 e. The maximum Gasteiger partial charge on any atom is 0.329 e. The average Bonchev–Trinajstić information content (AvgIpc) is 3.26. The van der Waals surface area contributed by atoms with Crippen LogP contribution in [0.3, 0.4) is 0 Å². The van der Waals surface area contributed by atoms with E-state index in [1.54, 1.807) is 29.4 Å². The van der Waals surface area contributed by atoms with Crippen molar-refractivity contribution in [3.63, 3.8) is 0 Å². The summed E-state index contributed by atoms with van der Waals surface area (Å²) in [4.78, 5) is 26.6. The quantitative estimate of drug-likeness (QED) is 0.545. The summed E-state index contributed by atoms with van der Waals surface area (Å²) in [5, 5.41) is 2.79. The van der Waals surface area contributed by atoms with Crippen LogP contribution in [0.5, 0.6) is 0 Å². The van der Waals surface area contributed by atoms with Crippen LogP contribution >= 0.6 is 11.8 Å². The van der Waals surface area contributed by atoms with E-state index >= 15 is 0 Å². The molecule has 0 amide bonds. The van der Waals surface area contributed by atoms with Gasteiger partial charge in [0.1, 0.15) is 0 Å². The van der Waals surface area contributed by atoms with E-state index in [9.17, 15) is 9.59 Å². The largest absolute Gasteiger partial charge is 0.406 e. The molecule has 0 aliphatic carbocycles. The zero-order chi connectivity index (χ0) is 23.6. The van der Waals surface area contributed by atoms with Crippen LogP contribution < -0.4 is 21.6 Å². The van der Waals surface area contributed by atoms with Gasteiger partial charge in [0.05, 0.1) is 5.37 Å². The predicted octanol–water partition coefficient (Wildman–Crippen LogP) is 3.82. The van der Waals surface area contributed by atoms with Crippen LogP contribution in [0.25, 0.3) is 0 Å². The van der Waals surface area contributed by atoms with Crippen LogP contribution in [-0.2, 0) is 4.43 Å². The van der Waals surface area contributed by atoms with Gasteiger partial charge in [0, 0.05) is 23.6 Å². The van der Waals surface area contributed by atoms with E-state index in [-0.39, 0.29) is 26.9 Å². The molecule has 0 saturated carbocycles. The molecule has 7 heteroatoms. The molecule has 0 radical (unpaired) electrons. The molecule has 2 heterocycles. The molecule has 174 valence electrons. The van der Waals surface area contributed by atoms with Gasteiger partial charge < -0.3 is 4.43 Å². The van der Waals surface area contributed by atoms with Gasteiger partial charge >= 0.3 is 5.69 Å². The van der Waals surface area contributed by atoms with Crippen molar-refractivity contribution in [2.45, 2.75) is 56.2 Å². The number of aromatic amines is 1. The van der Waals surface area contributed by atoms with Gasteiger partial charge in [-0.25, -0.2) is 4.79 Å². The summed E-state index contributed by atoms with van der Waals surface area (Å²) in [6.07, 6.45) is 3.53. The van der Waals surface area contributed by atoms with Gasteiger partial charge in [-0.3, -0.25) is 14.3 Å². The lowest BCUT2D eigenvalue weighted by Crippen LogP contribution is -2.67. The minimum atomic E-state index is -2.57. The van der Waals surface area contributed by atoms with E-state index in [0.29, 0.717) is 12.2 Å². The van der Waals surface area contributed by atoms with E-state index in [1.807, 2.05) is 0 Å². The molecule has 2 aromatic carbocycles. The Balaban J connectivity index is 1.62. The molecule has 1 saturated heterocycles. The highest BCUT2D eigenvalue weighted by Gasteiger charge is 2.50. The maximum absolute atomic E-state index is 12.4. The Kier molecular flexibility index (Phi) is 6.84. The molecule has 1 aliphatic heterocycles. The van der Waals surface area contributed by atoms with Crippen molar-refractivity contribution in [3.05, 3.63) is 93.3 Å². The Bertz CT molecular complexity index is 1160. The predicted molar refractivity (Wildman–Crippen MR) is 139 cm³/mol. The van der Waals surface area contributed by atoms with Crippen molar-refractivity contribution in [1.82, 2.24) is 9.55 Å². The topological polar surface area (TPSA) is 64.1 Å². The highest BCUT2D eigenvalue weighted by Crippen LogP contribution is 2.42. The number of benzene rings is 2.